The molecule has 5 heteroatoms. The third kappa shape index (κ3) is 3.46. The molecule has 0 radical (unpaired) electrons. The van der Waals surface area contributed by atoms with Crippen molar-refractivity contribution in [1.29, 1.82) is 0 Å². The van der Waals surface area contributed by atoms with Crippen LogP contribution >= 0.6 is 0 Å². The van der Waals surface area contributed by atoms with E-state index in [0.29, 0.717) is 18.1 Å². The molecule has 20 heavy (non-hydrogen) atoms. The first-order valence-electron chi connectivity index (χ1n) is 6.76. The van der Waals surface area contributed by atoms with Crippen molar-refractivity contribution in [2.24, 2.45) is 10.7 Å². The summed E-state index contributed by atoms with van der Waals surface area (Å²) in [5.74, 6) is -0.703. The van der Waals surface area contributed by atoms with Crippen LogP contribution in [0.4, 0.5) is 8.78 Å². The number of guanidine groups is 1. The fourth-order valence-electron chi connectivity index (χ4n) is 2.24. The number of hydrogen-bond acceptors (Lipinski definition) is 1. The van der Waals surface area contributed by atoms with Gasteiger partial charge in [-0.1, -0.05) is 6.07 Å². The summed E-state index contributed by atoms with van der Waals surface area (Å²) in [4.78, 5) is 4.31. The topological polar surface area (TPSA) is 50.4 Å². The Morgan fingerprint density at radius 1 is 1.35 bits per heavy atom. The van der Waals surface area contributed by atoms with E-state index in [1.165, 1.54) is 12.1 Å². The fourth-order valence-corrected chi connectivity index (χ4v) is 2.24. The summed E-state index contributed by atoms with van der Waals surface area (Å²) in [7, 11) is 0. The quantitative estimate of drug-likeness (QED) is 0.661. The maximum atomic E-state index is 13.8. The summed E-state index contributed by atoms with van der Waals surface area (Å²) in [5, 5.41) is 3.07. The molecule has 1 aromatic rings. The van der Waals surface area contributed by atoms with Gasteiger partial charge in [0.15, 0.2) is 5.96 Å². The lowest BCUT2D eigenvalue weighted by Gasteiger charge is -2.22. The molecule has 0 saturated heterocycles. The predicted molar refractivity (Wildman–Crippen MR) is 76.6 cm³/mol. The summed E-state index contributed by atoms with van der Waals surface area (Å²) in [5.41, 5.74) is 5.87. The first-order valence-corrected chi connectivity index (χ1v) is 6.76. The molecule has 110 valence electrons. The van der Waals surface area contributed by atoms with Gasteiger partial charge in [-0.25, -0.2) is 8.78 Å². The van der Waals surface area contributed by atoms with Gasteiger partial charge in [-0.2, -0.15) is 0 Å². The van der Waals surface area contributed by atoms with Gasteiger partial charge in [0.25, 0.3) is 0 Å². The molecule has 0 aliphatic heterocycles. The van der Waals surface area contributed by atoms with Crippen molar-refractivity contribution in [1.82, 2.24) is 5.32 Å². The highest BCUT2D eigenvalue weighted by Gasteiger charge is 2.46. The van der Waals surface area contributed by atoms with E-state index in [1.807, 2.05) is 20.8 Å². The Balaban J connectivity index is 2.11. The highest BCUT2D eigenvalue weighted by atomic mass is 19.1. The van der Waals surface area contributed by atoms with E-state index >= 15 is 0 Å². The van der Waals surface area contributed by atoms with E-state index in [0.717, 1.165) is 18.9 Å². The number of benzene rings is 1. The van der Waals surface area contributed by atoms with E-state index < -0.39 is 11.6 Å². The van der Waals surface area contributed by atoms with Gasteiger partial charge in [0, 0.05) is 17.0 Å². The predicted octanol–water partition coefficient (Wildman–Crippen LogP) is 2.70. The second-order valence-corrected chi connectivity index (χ2v) is 6.48. The maximum absolute atomic E-state index is 13.8. The van der Waals surface area contributed by atoms with E-state index in [2.05, 4.69) is 10.3 Å². The molecule has 0 atom stereocenters. The summed E-state index contributed by atoms with van der Waals surface area (Å²) in [6.45, 7) is 6.39. The Morgan fingerprint density at radius 2 is 2.00 bits per heavy atom. The molecule has 1 saturated carbocycles. The molecule has 0 amide bonds. The van der Waals surface area contributed by atoms with E-state index in [1.54, 1.807) is 0 Å². The molecule has 1 aromatic carbocycles. The number of halogens is 2. The molecule has 3 nitrogen and oxygen atoms in total. The summed E-state index contributed by atoms with van der Waals surface area (Å²) >= 11 is 0. The van der Waals surface area contributed by atoms with E-state index in [-0.39, 0.29) is 11.0 Å². The highest BCUT2D eigenvalue weighted by Crippen LogP contribution is 2.49. The third-order valence-electron chi connectivity index (χ3n) is 3.41. The molecule has 1 fully saturated rings. The summed E-state index contributed by atoms with van der Waals surface area (Å²) < 4.78 is 26.8. The lowest BCUT2D eigenvalue weighted by atomic mass is 9.95. The summed E-state index contributed by atoms with van der Waals surface area (Å²) in [6, 6.07) is 3.73. The fraction of sp³-hybridized carbons (Fsp3) is 0.533. The van der Waals surface area contributed by atoms with Gasteiger partial charge in [0.1, 0.15) is 11.6 Å². The van der Waals surface area contributed by atoms with Crippen LogP contribution in [0.2, 0.25) is 0 Å². The van der Waals surface area contributed by atoms with Crippen molar-refractivity contribution in [3.05, 3.63) is 35.4 Å². The van der Waals surface area contributed by atoms with Gasteiger partial charge >= 0.3 is 0 Å². The molecule has 0 unspecified atom stereocenters. The highest BCUT2D eigenvalue weighted by molar-refractivity contribution is 5.78. The first kappa shape index (κ1) is 14.8. The van der Waals surface area contributed by atoms with Crippen LogP contribution in [0.3, 0.4) is 0 Å². The average Bonchev–Trinajstić information content (AvgIpc) is 3.05. The van der Waals surface area contributed by atoms with E-state index in [4.69, 9.17) is 5.73 Å². The van der Waals surface area contributed by atoms with Crippen LogP contribution in [-0.4, -0.2) is 18.0 Å². The zero-order valence-corrected chi connectivity index (χ0v) is 12.1. The minimum Gasteiger partial charge on any atom is -0.370 e. The minimum absolute atomic E-state index is 0.161. The number of aliphatic imine (C=N–C) groups is 1. The number of rotatable bonds is 3. The molecule has 0 aromatic heterocycles. The zero-order chi connectivity index (χ0) is 15.0. The van der Waals surface area contributed by atoms with Crippen molar-refractivity contribution < 1.29 is 8.78 Å². The van der Waals surface area contributed by atoms with Crippen LogP contribution in [0, 0.1) is 11.6 Å². The van der Waals surface area contributed by atoms with Crippen molar-refractivity contribution in [3.63, 3.8) is 0 Å². The van der Waals surface area contributed by atoms with Crippen LogP contribution in [0.1, 0.15) is 39.2 Å². The van der Waals surface area contributed by atoms with Crippen LogP contribution in [0.25, 0.3) is 0 Å². The molecule has 2 rings (SSSR count). The Hall–Kier alpha value is -1.65. The number of nitrogens with one attached hydrogen (secondary N) is 1. The minimum atomic E-state index is -0.556. The number of hydrogen-bond donors (Lipinski definition) is 2. The van der Waals surface area contributed by atoms with Gasteiger partial charge in [0.2, 0.25) is 0 Å². The standard InChI is InChI=1S/C15H21F2N3/c1-14(2,3)20-13(18)19-9-15(6-7-15)11-5-4-10(16)8-12(11)17/h4-5,8H,6-7,9H2,1-3H3,(H3,18,19,20). The second-order valence-electron chi connectivity index (χ2n) is 6.48. The second kappa shape index (κ2) is 5.04. The van der Waals surface area contributed by atoms with Gasteiger partial charge in [-0.05, 0) is 45.2 Å². The van der Waals surface area contributed by atoms with Crippen molar-refractivity contribution in [3.8, 4) is 0 Å². The van der Waals surface area contributed by atoms with Crippen molar-refractivity contribution in [2.75, 3.05) is 6.54 Å². The van der Waals surface area contributed by atoms with Gasteiger partial charge in [-0.3, -0.25) is 4.99 Å². The monoisotopic (exact) mass is 281 g/mol. The molecule has 1 aliphatic carbocycles. The molecule has 3 N–H and O–H groups in total. The third-order valence-corrected chi connectivity index (χ3v) is 3.41. The Kier molecular flexibility index (Phi) is 3.71. The smallest absolute Gasteiger partial charge is 0.189 e. The summed E-state index contributed by atoms with van der Waals surface area (Å²) in [6.07, 6.45) is 1.70. The van der Waals surface area contributed by atoms with Crippen LogP contribution in [0.5, 0.6) is 0 Å². The van der Waals surface area contributed by atoms with Gasteiger partial charge in [0.05, 0.1) is 6.54 Å². The van der Waals surface area contributed by atoms with Crippen LogP contribution in [0.15, 0.2) is 23.2 Å². The SMILES string of the molecule is CC(C)(C)NC(N)=NCC1(c2ccc(F)cc2F)CC1. The Morgan fingerprint density at radius 3 is 2.50 bits per heavy atom. The van der Waals surface area contributed by atoms with Crippen LogP contribution in [-0.2, 0) is 5.41 Å². The first-order chi connectivity index (χ1) is 9.22. The number of nitrogens with two attached hydrogens (primary N) is 1. The molecular formula is C15H21F2N3. The molecule has 0 spiro atoms. The molecule has 0 bridgehead atoms. The zero-order valence-electron chi connectivity index (χ0n) is 12.1. The van der Waals surface area contributed by atoms with Gasteiger partial charge < -0.3 is 11.1 Å². The maximum Gasteiger partial charge on any atom is 0.189 e. The lowest BCUT2D eigenvalue weighted by molar-refractivity contribution is 0.506. The van der Waals surface area contributed by atoms with Gasteiger partial charge in [-0.15, -0.1) is 0 Å². The molecule has 1 aliphatic rings. The number of nitrogens with zero attached hydrogens (tertiary/aromatic N) is 1. The molecule has 0 heterocycles. The van der Waals surface area contributed by atoms with Crippen molar-refractivity contribution >= 4 is 5.96 Å². The lowest BCUT2D eigenvalue weighted by Crippen LogP contribution is -2.45. The van der Waals surface area contributed by atoms with E-state index in [9.17, 15) is 8.78 Å². The Labute approximate surface area is 118 Å². The van der Waals surface area contributed by atoms with Crippen LogP contribution < -0.4 is 11.1 Å². The average molecular weight is 281 g/mol. The molecular weight excluding hydrogens is 260 g/mol. The largest absolute Gasteiger partial charge is 0.370 e. The normalized spacial score (nSPS) is 17.9. The Bertz CT molecular complexity index is 528. The van der Waals surface area contributed by atoms with Crippen molar-refractivity contribution in [2.45, 2.75) is 44.6 Å².